The predicted molar refractivity (Wildman–Crippen MR) is 68.4 cm³/mol. The molecule has 1 N–H and O–H groups in total. The van der Waals surface area contributed by atoms with E-state index in [0.717, 1.165) is 13.0 Å². The highest BCUT2D eigenvalue weighted by Crippen LogP contribution is 2.04. The highest BCUT2D eigenvalue weighted by atomic mass is 15.3. The van der Waals surface area contributed by atoms with Gasteiger partial charge in [0.1, 0.15) is 0 Å². The van der Waals surface area contributed by atoms with Crippen molar-refractivity contribution in [2.24, 2.45) is 0 Å². The van der Waals surface area contributed by atoms with Crippen molar-refractivity contribution < 1.29 is 0 Å². The Morgan fingerprint density at radius 3 is 2.69 bits per heavy atom. The van der Waals surface area contributed by atoms with Crippen LogP contribution in [-0.4, -0.2) is 21.9 Å². The molecule has 0 aliphatic rings. The molecule has 2 unspecified atom stereocenters. The Bertz CT molecular complexity index is 256. The highest BCUT2D eigenvalue weighted by Gasteiger charge is 2.09. The van der Waals surface area contributed by atoms with Gasteiger partial charge in [0.05, 0.1) is 0 Å². The second-order valence-corrected chi connectivity index (χ2v) is 4.52. The van der Waals surface area contributed by atoms with Crippen LogP contribution in [-0.2, 0) is 6.54 Å². The van der Waals surface area contributed by atoms with Gasteiger partial charge >= 0.3 is 0 Å². The van der Waals surface area contributed by atoms with Crippen molar-refractivity contribution in [1.82, 2.24) is 15.1 Å². The Morgan fingerprint density at radius 1 is 1.31 bits per heavy atom. The summed E-state index contributed by atoms with van der Waals surface area (Å²) in [7, 11) is 0. The molecule has 0 fully saturated rings. The van der Waals surface area contributed by atoms with Crippen LogP contribution in [0.1, 0.15) is 46.5 Å². The van der Waals surface area contributed by atoms with Gasteiger partial charge in [0.25, 0.3) is 0 Å². The Kier molecular flexibility index (Phi) is 6.16. The fraction of sp³-hybridized carbons (Fsp3) is 0.769. The summed E-state index contributed by atoms with van der Waals surface area (Å²) in [5, 5.41) is 7.90. The van der Waals surface area contributed by atoms with Gasteiger partial charge in [-0.25, -0.2) is 0 Å². The zero-order valence-electron chi connectivity index (χ0n) is 10.8. The minimum Gasteiger partial charge on any atom is -0.311 e. The molecule has 2 atom stereocenters. The van der Waals surface area contributed by atoms with Crippen LogP contribution in [0.5, 0.6) is 0 Å². The van der Waals surface area contributed by atoms with Crippen molar-refractivity contribution in [2.45, 2.75) is 65.1 Å². The number of hydrogen-bond acceptors (Lipinski definition) is 2. The van der Waals surface area contributed by atoms with E-state index in [0.29, 0.717) is 12.1 Å². The normalized spacial score (nSPS) is 14.9. The number of hydrogen-bond donors (Lipinski definition) is 1. The van der Waals surface area contributed by atoms with Gasteiger partial charge in [0, 0.05) is 31.0 Å². The minimum atomic E-state index is 0.570. The van der Waals surface area contributed by atoms with Crippen molar-refractivity contribution in [3.63, 3.8) is 0 Å². The lowest BCUT2D eigenvalue weighted by Crippen LogP contribution is -2.36. The molecule has 0 spiro atoms. The summed E-state index contributed by atoms with van der Waals surface area (Å²) < 4.78 is 2.00. The molecule has 16 heavy (non-hydrogen) atoms. The van der Waals surface area contributed by atoms with E-state index in [-0.39, 0.29) is 0 Å². The van der Waals surface area contributed by atoms with Gasteiger partial charge in [-0.3, -0.25) is 4.68 Å². The summed E-state index contributed by atoms with van der Waals surface area (Å²) >= 11 is 0. The van der Waals surface area contributed by atoms with Gasteiger partial charge in [0.2, 0.25) is 0 Å². The van der Waals surface area contributed by atoms with Crippen molar-refractivity contribution in [3.8, 4) is 0 Å². The first-order chi connectivity index (χ1) is 7.76. The second-order valence-electron chi connectivity index (χ2n) is 4.52. The minimum absolute atomic E-state index is 0.570. The molecule has 92 valence electrons. The maximum atomic E-state index is 4.21. The molecule has 0 aliphatic carbocycles. The first-order valence-corrected chi connectivity index (χ1v) is 6.49. The van der Waals surface area contributed by atoms with Crippen molar-refractivity contribution >= 4 is 0 Å². The predicted octanol–water partition coefficient (Wildman–Crippen LogP) is 2.83. The molecule has 3 nitrogen and oxygen atoms in total. The standard InChI is InChI=1S/C13H25N3/c1-4-7-13(5-2)15-12(3)8-11-16-10-6-9-14-16/h6,9-10,12-13,15H,4-5,7-8,11H2,1-3H3. The van der Waals surface area contributed by atoms with Crippen molar-refractivity contribution in [3.05, 3.63) is 18.5 Å². The third-order valence-electron chi connectivity index (χ3n) is 3.00. The number of aryl methyl sites for hydroxylation is 1. The zero-order valence-corrected chi connectivity index (χ0v) is 10.8. The van der Waals surface area contributed by atoms with Crippen LogP contribution in [0.4, 0.5) is 0 Å². The number of rotatable bonds is 8. The van der Waals surface area contributed by atoms with E-state index in [2.05, 4.69) is 31.2 Å². The van der Waals surface area contributed by atoms with E-state index in [1.807, 2.05) is 23.1 Å². The summed E-state index contributed by atoms with van der Waals surface area (Å²) in [6, 6.07) is 3.22. The van der Waals surface area contributed by atoms with Gasteiger partial charge in [-0.15, -0.1) is 0 Å². The van der Waals surface area contributed by atoms with E-state index >= 15 is 0 Å². The largest absolute Gasteiger partial charge is 0.311 e. The average Bonchev–Trinajstić information content (AvgIpc) is 2.78. The first-order valence-electron chi connectivity index (χ1n) is 6.49. The average molecular weight is 223 g/mol. The summed E-state index contributed by atoms with van der Waals surface area (Å²) in [6.45, 7) is 7.78. The first kappa shape index (κ1) is 13.2. The monoisotopic (exact) mass is 223 g/mol. The molecule has 1 aromatic heterocycles. The molecule has 0 amide bonds. The van der Waals surface area contributed by atoms with Crippen molar-refractivity contribution in [1.29, 1.82) is 0 Å². The Labute approximate surface area is 99.2 Å². The summed E-state index contributed by atoms with van der Waals surface area (Å²) in [5.74, 6) is 0. The van der Waals surface area contributed by atoms with E-state index in [9.17, 15) is 0 Å². The topological polar surface area (TPSA) is 29.9 Å². The van der Waals surface area contributed by atoms with E-state index in [4.69, 9.17) is 0 Å². The maximum Gasteiger partial charge on any atom is 0.0489 e. The second kappa shape index (κ2) is 7.44. The van der Waals surface area contributed by atoms with Crippen LogP contribution in [0, 0.1) is 0 Å². The van der Waals surface area contributed by atoms with Crippen LogP contribution < -0.4 is 5.32 Å². The smallest absolute Gasteiger partial charge is 0.0489 e. The van der Waals surface area contributed by atoms with Crippen molar-refractivity contribution in [2.75, 3.05) is 0 Å². The molecule has 0 bridgehead atoms. The Morgan fingerprint density at radius 2 is 2.12 bits per heavy atom. The van der Waals surface area contributed by atoms with Gasteiger partial charge in [-0.05, 0) is 32.3 Å². The molecule has 3 heteroatoms. The van der Waals surface area contributed by atoms with E-state index in [1.54, 1.807) is 0 Å². The molecule has 0 saturated carbocycles. The van der Waals surface area contributed by atoms with Crippen LogP contribution in [0.2, 0.25) is 0 Å². The maximum absolute atomic E-state index is 4.21. The molecular formula is C13H25N3. The van der Waals surface area contributed by atoms with Crippen LogP contribution in [0.15, 0.2) is 18.5 Å². The fourth-order valence-corrected chi connectivity index (χ4v) is 2.00. The lowest BCUT2D eigenvalue weighted by molar-refractivity contribution is 0.378. The third kappa shape index (κ3) is 4.79. The zero-order chi connectivity index (χ0) is 11.8. The molecular weight excluding hydrogens is 198 g/mol. The molecule has 1 rings (SSSR count). The quantitative estimate of drug-likeness (QED) is 0.734. The van der Waals surface area contributed by atoms with Gasteiger partial charge in [-0.2, -0.15) is 5.10 Å². The SMILES string of the molecule is CCCC(CC)NC(C)CCn1cccn1. The van der Waals surface area contributed by atoms with E-state index < -0.39 is 0 Å². The van der Waals surface area contributed by atoms with Gasteiger partial charge in [-0.1, -0.05) is 20.3 Å². The molecule has 0 aliphatic heterocycles. The number of nitrogens with zero attached hydrogens (tertiary/aromatic N) is 2. The highest BCUT2D eigenvalue weighted by molar-refractivity contribution is 4.78. The van der Waals surface area contributed by atoms with Gasteiger partial charge < -0.3 is 5.32 Å². The number of aromatic nitrogens is 2. The van der Waals surface area contributed by atoms with Crippen LogP contribution >= 0.6 is 0 Å². The lowest BCUT2D eigenvalue weighted by Gasteiger charge is -2.21. The Balaban J connectivity index is 2.21. The number of nitrogens with one attached hydrogen (secondary N) is 1. The molecule has 1 aromatic rings. The van der Waals surface area contributed by atoms with E-state index in [1.165, 1.54) is 19.3 Å². The molecule has 0 radical (unpaired) electrons. The summed E-state index contributed by atoms with van der Waals surface area (Å²) in [4.78, 5) is 0. The molecule has 1 heterocycles. The molecule has 0 aromatic carbocycles. The van der Waals surface area contributed by atoms with Gasteiger partial charge in [0.15, 0.2) is 0 Å². The van der Waals surface area contributed by atoms with Crippen LogP contribution in [0.25, 0.3) is 0 Å². The van der Waals surface area contributed by atoms with Crippen LogP contribution in [0.3, 0.4) is 0 Å². The Hall–Kier alpha value is -0.830. The summed E-state index contributed by atoms with van der Waals surface area (Å²) in [5.41, 5.74) is 0. The summed E-state index contributed by atoms with van der Waals surface area (Å²) in [6.07, 6.45) is 8.77. The lowest BCUT2D eigenvalue weighted by atomic mass is 10.1. The fourth-order valence-electron chi connectivity index (χ4n) is 2.00. The molecule has 0 saturated heterocycles. The third-order valence-corrected chi connectivity index (χ3v) is 3.00.